The molecule has 0 radical (unpaired) electrons. The molecule has 0 amide bonds. The Bertz CT molecular complexity index is 175. The lowest BCUT2D eigenvalue weighted by molar-refractivity contribution is 0.283. The molecule has 1 fully saturated rings. The standard InChI is InChI=1S/C13H28N2S/c1-4-8-15-9-5-6-13(7-10-15)14-11-12(2)16-3/h12-14H,4-11H2,1-3H3. The fourth-order valence-corrected chi connectivity index (χ4v) is 2.58. The fraction of sp³-hybridized carbons (Fsp3) is 1.00. The van der Waals surface area contributed by atoms with Crippen LogP contribution >= 0.6 is 11.8 Å². The number of nitrogens with zero attached hydrogens (tertiary/aromatic N) is 1. The molecular weight excluding hydrogens is 216 g/mol. The number of likely N-dealkylation sites (tertiary alicyclic amines) is 1. The number of thioether (sulfide) groups is 1. The molecule has 0 aromatic carbocycles. The molecule has 96 valence electrons. The zero-order valence-corrected chi connectivity index (χ0v) is 12.0. The van der Waals surface area contributed by atoms with E-state index in [1.807, 2.05) is 11.8 Å². The molecule has 3 heteroatoms. The predicted molar refractivity (Wildman–Crippen MR) is 75.3 cm³/mol. The molecule has 2 nitrogen and oxygen atoms in total. The van der Waals surface area contributed by atoms with Crippen molar-refractivity contribution in [1.29, 1.82) is 0 Å². The lowest BCUT2D eigenvalue weighted by Crippen LogP contribution is -2.34. The van der Waals surface area contributed by atoms with Crippen molar-refractivity contribution in [1.82, 2.24) is 10.2 Å². The van der Waals surface area contributed by atoms with Crippen molar-refractivity contribution >= 4 is 11.8 Å². The first-order valence-electron chi connectivity index (χ1n) is 6.74. The summed E-state index contributed by atoms with van der Waals surface area (Å²) in [6, 6.07) is 0.761. The lowest BCUT2D eigenvalue weighted by Gasteiger charge is -2.20. The normalized spacial score (nSPS) is 25.3. The summed E-state index contributed by atoms with van der Waals surface area (Å²) in [5.74, 6) is 0. The van der Waals surface area contributed by atoms with Gasteiger partial charge >= 0.3 is 0 Å². The van der Waals surface area contributed by atoms with Crippen molar-refractivity contribution in [2.24, 2.45) is 0 Å². The van der Waals surface area contributed by atoms with Gasteiger partial charge in [0.2, 0.25) is 0 Å². The summed E-state index contributed by atoms with van der Waals surface area (Å²) in [6.45, 7) is 9.63. The van der Waals surface area contributed by atoms with Crippen LogP contribution in [0.25, 0.3) is 0 Å². The summed E-state index contributed by atoms with van der Waals surface area (Å²) in [5, 5.41) is 4.47. The van der Waals surface area contributed by atoms with Crippen LogP contribution in [0.2, 0.25) is 0 Å². The highest BCUT2D eigenvalue weighted by molar-refractivity contribution is 7.99. The minimum atomic E-state index is 0.745. The van der Waals surface area contributed by atoms with Crippen LogP contribution in [0.5, 0.6) is 0 Å². The number of nitrogens with one attached hydrogen (secondary N) is 1. The van der Waals surface area contributed by atoms with Crippen LogP contribution in [0.4, 0.5) is 0 Å². The van der Waals surface area contributed by atoms with Crippen molar-refractivity contribution < 1.29 is 0 Å². The van der Waals surface area contributed by atoms with E-state index in [1.165, 1.54) is 51.9 Å². The molecule has 0 spiro atoms. The predicted octanol–water partition coefficient (Wildman–Crippen LogP) is 2.59. The number of rotatable bonds is 6. The molecule has 1 heterocycles. The van der Waals surface area contributed by atoms with Crippen molar-refractivity contribution in [3.63, 3.8) is 0 Å². The van der Waals surface area contributed by atoms with Gasteiger partial charge in [-0.2, -0.15) is 11.8 Å². The van der Waals surface area contributed by atoms with Crippen LogP contribution < -0.4 is 5.32 Å². The first-order chi connectivity index (χ1) is 7.76. The highest BCUT2D eigenvalue weighted by Gasteiger charge is 2.16. The lowest BCUT2D eigenvalue weighted by atomic mass is 10.1. The first-order valence-corrected chi connectivity index (χ1v) is 8.03. The molecule has 0 aromatic heterocycles. The van der Waals surface area contributed by atoms with E-state index in [4.69, 9.17) is 0 Å². The van der Waals surface area contributed by atoms with Crippen molar-refractivity contribution in [2.75, 3.05) is 32.4 Å². The topological polar surface area (TPSA) is 15.3 Å². The van der Waals surface area contributed by atoms with E-state index in [0.29, 0.717) is 0 Å². The molecule has 1 aliphatic rings. The van der Waals surface area contributed by atoms with Gasteiger partial charge in [0.15, 0.2) is 0 Å². The van der Waals surface area contributed by atoms with E-state index in [1.54, 1.807) is 0 Å². The molecule has 2 atom stereocenters. The van der Waals surface area contributed by atoms with Gasteiger partial charge in [0.1, 0.15) is 0 Å². The molecule has 0 saturated carbocycles. The summed E-state index contributed by atoms with van der Waals surface area (Å²) in [7, 11) is 0. The van der Waals surface area contributed by atoms with Gasteiger partial charge in [-0.3, -0.25) is 0 Å². The summed E-state index contributed by atoms with van der Waals surface area (Å²) >= 11 is 1.95. The van der Waals surface area contributed by atoms with Gasteiger partial charge in [-0.25, -0.2) is 0 Å². The van der Waals surface area contributed by atoms with E-state index in [2.05, 4.69) is 30.3 Å². The second-order valence-electron chi connectivity index (χ2n) is 4.92. The maximum Gasteiger partial charge on any atom is 0.0141 e. The Hall–Kier alpha value is 0.270. The smallest absolute Gasteiger partial charge is 0.0141 e. The highest BCUT2D eigenvalue weighted by Crippen LogP contribution is 2.12. The molecule has 0 aromatic rings. The largest absolute Gasteiger partial charge is 0.313 e. The van der Waals surface area contributed by atoms with Crippen LogP contribution in [0, 0.1) is 0 Å². The molecule has 1 rings (SSSR count). The molecule has 16 heavy (non-hydrogen) atoms. The van der Waals surface area contributed by atoms with Gasteiger partial charge in [0.25, 0.3) is 0 Å². The maximum atomic E-state index is 3.73. The third kappa shape index (κ3) is 5.55. The fourth-order valence-electron chi connectivity index (χ4n) is 2.32. The number of hydrogen-bond acceptors (Lipinski definition) is 3. The average molecular weight is 244 g/mol. The summed E-state index contributed by atoms with van der Waals surface area (Å²) in [4.78, 5) is 2.62. The Balaban J connectivity index is 2.19. The van der Waals surface area contributed by atoms with Gasteiger partial charge in [0, 0.05) is 17.8 Å². The number of hydrogen-bond donors (Lipinski definition) is 1. The molecule has 2 unspecified atom stereocenters. The van der Waals surface area contributed by atoms with Crippen LogP contribution in [-0.2, 0) is 0 Å². The van der Waals surface area contributed by atoms with Crippen LogP contribution in [-0.4, -0.2) is 48.6 Å². The van der Waals surface area contributed by atoms with Crippen molar-refractivity contribution in [2.45, 2.75) is 50.8 Å². The average Bonchev–Trinajstić information content (AvgIpc) is 2.52. The minimum Gasteiger partial charge on any atom is -0.313 e. The van der Waals surface area contributed by atoms with Crippen LogP contribution in [0.15, 0.2) is 0 Å². The van der Waals surface area contributed by atoms with E-state index < -0.39 is 0 Å². The molecule has 0 aliphatic carbocycles. The van der Waals surface area contributed by atoms with E-state index >= 15 is 0 Å². The summed E-state index contributed by atoms with van der Waals surface area (Å²) in [6.07, 6.45) is 7.55. The van der Waals surface area contributed by atoms with Crippen molar-refractivity contribution in [3.05, 3.63) is 0 Å². The second kappa shape index (κ2) is 8.37. The molecule has 1 aliphatic heterocycles. The second-order valence-corrected chi connectivity index (χ2v) is 6.20. The van der Waals surface area contributed by atoms with E-state index in [9.17, 15) is 0 Å². The van der Waals surface area contributed by atoms with Crippen LogP contribution in [0.1, 0.15) is 39.5 Å². The Labute approximate surface area is 106 Å². The Morgan fingerprint density at radius 3 is 2.88 bits per heavy atom. The molecule has 1 N–H and O–H groups in total. The third-order valence-electron chi connectivity index (χ3n) is 3.46. The van der Waals surface area contributed by atoms with Gasteiger partial charge in [0.05, 0.1) is 0 Å². The SMILES string of the molecule is CCCN1CCCC(NCC(C)SC)CC1. The summed E-state index contributed by atoms with van der Waals surface area (Å²) in [5.41, 5.74) is 0. The Kier molecular flexibility index (Phi) is 7.50. The van der Waals surface area contributed by atoms with E-state index in [0.717, 1.165) is 11.3 Å². The quantitative estimate of drug-likeness (QED) is 0.773. The summed E-state index contributed by atoms with van der Waals surface area (Å²) < 4.78 is 0. The van der Waals surface area contributed by atoms with E-state index in [-0.39, 0.29) is 0 Å². The van der Waals surface area contributed by atoms with Gasteiger partial charge in [-0.05, 0) is 51.6 Å². The Morgan fingerprint density at radius 1 is 1.38 bits per heavy atom. The van der Waals surface area contributed by atoms with Crippen LogP contribution in [0.3, 0.4) is 0 Å². The monoisotopic (exact) mass is 244 g/mol. The maximum absolute atomic E-state index is 3.73. The third-order valence-corrected chi connectivity index (χ3v) is 4.43. The Morgan fingerprint density at radius 2 is 2.19 bits per heavy atom. The van der Waals surface area contributed by atoms with Gasteiger partial charge < -0.3 is 10.2 Å². The zero-order chi connectivity index (χ0) is 11.8. The molecule has 1 saturated heterocycles. The minimum absolute atomic E-state index is 0.745. The highest BCUT2D eigenvalue weighted by atomic mass is 32.2. The molecule has 0 bridgehead atoms. The molecular formula is C13H28N2S. The van der Waals surface area contributed by atoms with Crippen molar-refractivity contribution in [3.8, 4) is 0 Å². The van der Waals surface area contributed by atoms with Gasteiger partial charge in [-0.1, -0.05) is 13.8 Å². The zero-order valence-electron chi connectivity index (χ0n) is 11.2. The first kappa shape index (κ1) is 14.3. The van der Waals surface area contributed by atoms with Gasteiger partial charge in [-0.15, -0.1) is 0 Å².